The molecule has 7 nitrogen and oxygen atoms in total. The van der Waals surface area contributed by atoms with Crippen molar-refractivity contribution >= 4 is 23.4 Å². The summed E-state index contributed by atoms with van der Waals surface area (Å²) in [5, 5.41) is 27.5. The molecule has 0 aromatic heterocycles. The summed E-state index contributed by atoms with van der Waals surface area (Å²) in [6, 6.07) is -0.539. The smallest absolute Gasteiger partial charge is 0.341 e. The van der Waals surface area contributed by atoms with E-state index in [1.807, 2.05) is 0 Å². The molecule has 2 aliphatic heterocycles. The van der Waals surface area contributed by atoms with E-state index in [-0.39, 0.29) is 35.4 Å². The standard InChI is InChI=1S/C19H22ClFN2O5/c20-15-16-11(18(26)12(19(27)28)7-23(16)10-1-2-10)5-13(21)17(15)22-4-3-9(6-22)14(25)8-24/h5,7,9-10,14-16,24-25H,1-4,6,8H2,(H,27,28)/t9-,14+,15?,16?/m1/s1. The molecule has 28 heavy (non-hydrogen) atoms. The van der Waals surface area contributed by atoms with Crippen LogP contribution in [0.2, 0.25) is 0 Å². The van der Waals surface area contributed by atoms with Crippen LogP contribution in [0, 0.1) is 5.92 Å². The number of alkyl halides is 1. The number of Topliss-reactive ketones (excluding diaryl/α,β-unsaturated/α-hetero) is 1. The fraction of sp³-hybridized carbons (Fsp3) is 0.579. The molecule has 2 heterocycles. The number of allylic oxidation sites excluding steroid dienone is 2. The number of hydrogen-bond acceptors (Lipinski definition) is 6. The molecule has 152 valence electrons. The molecular formula is C19H22ClFN2O5. The lowest BCUT2D eigenvalue weighted by atomic mass is 9.85. The summed E-state index contributed by atoms with van der Waals surface area (Å²) >= 11 is 6.69. The fourth-order valence-corrected chi connectivity index (χ4v) is 4.85. The minimum absolute atomic E-state index is 0.0687. The molecule has 0 aromatic rings. The minimum Gasteiger partial charge on any atom is -0.477 e. The number of hydrogen-bond donors (Lipinski definition) is 3. The monoisotopic (exact) mass is 412 g/mol. The molecule has 2 aliphatic carbocycles. The highest BCUT2D eigenvalue weighted by Crippen LogP contribution is 2.44. The van der Waals surface area contributed by atoms with Crippen LogP contribution in [0.15, 0.2) is 34.9 Å². The zero-order chi connectivity index (χ0) is 20.2. The van der Waals surface area contributed by atoms with Gasteiger partial charge in [0.1, 0.15) is 16.8 Å². The number of carbonyl (C=O) groups is 2. The van der Waals surface area contributed by atoms with Crippen molar-refractivity contribution in [1.29, 1.82) is 0 Å². The van der Waals surface area contributed by atoms with Gasteiger partial charge >= 0.3 is 5.97 Å². The van der Waals surface area contributed by atoms with E-state index in [0.29, 0.717) is 19.5 Å². The molecule has 0 radical (unpaired) electrons. The molecule has 2 unspecified atom stereocenters. The number of aliphatic carboxylic acids is 1. The summed E-state index contributed by atoms with van der Waals surface area (Å²) in [5.74, 6) is -2.88. The first-order valence-electron chi connectivity index (χ1n) is 9.40. The molecule has 4 aliphatic rings. The summed E-state index contributed by atoms with van der Waals surface area (Å²) in [6.07, 6.45) is 3.91. The van der Waals surface area contributed by atoms with Gasteiger partial charge in [0.05, 0.1) is 24.4 Å². The van der Waals surface area contributed by atoms with Crippen LogP contribution in [-0.2, 0) is 9.59 Å². The number of fused-ring (bicyclic) bond motifs is 1. The van der Waals surface area contributed by atoms with Crippen LogP contribution in [0.25, 0.3) is 0 Å². The van der Waals surface area contributed by atoms with Crippen molar-refractivity contribution in [3.8, 4) is 0 Å². The van der Waals surface area contributed by atoms with Crippen molar-refractivity contribution in [2.45, 2.75) is 42.8 Å². The lowest BCUT2D eigenvalue weighted by molar-refractivity contribution is -0.134. The predicted molar refractivity (Wildman–Crippen MR) is 98.0 cm³/mol. The summed E-state index contributed by atoms with van der Waals surface area (Å²) in [7, 11) is 0. The van der Waals surface area contributed by atoms with Gasteiger partial charge < -0.3 is 25.1 Å². The van der Waals surface area contributed by atoms with Crippen LogP contribution >= 0.6 is 11.6 Å². The Labute approximate surface area is 166 Å². The van der Waals surface area contributed by atoms with Crippen molar-refractivity contribution in [2.75, 3.05) is 19.7 Å². The van der Waals surface area contributed by atoms with Crippen LogP contribution in [0.5, 0.6) is 0 Å². The number of rotatable bonds is 5. The maximum absolute atomic E-state index is 15.0. The topological polar surface area (TPSA) is 101 Å². The second-order valence-corrected chi connectivity index (χ2v) is 8.25. The Hall–Kier alpha value is -1.90. The van der Waals surface area contributed by atoms with Crippen LogP contribution < -0.4 is 0 Å². The fourth-order valence-electron chi connectivity index (χ4n) is 4.34. The first kappa shape index (κ1) is 19.4. The number of aliphatic hydroxyl groups excluding tert-OH is 2. The third-order valence-electron chi connectivity index (χ3n) is 5.99. The van der Waals surface area contributed by atoms with Crippen LogP contribution in [0.4, 0.5) is 4.39 Å². The van der Waals surface area contributed by atoms with Crippen molar-refractivity contribution in [1.82, 2.24) is 9.80 Å². The zero-order valence-corrected chi connectivity index (χ0v) is 15.8. The van der Waals surface area contributed by atoms with Gasteiger partial charge in [0.15, 0.2) is 5.78 Å². The van der Waals surface area contributed by atoms with Gasteiger partial charge in [-0.1, -0.05) is 0 Å². The second kappa shape index (κ2) is 7.17. The molecule has 0 amide bonds. The quantitative estimate of drug-likeness (QED) is 0.453. The van der Waals surface area contributed by atoms with E-state index in [4.69, 9.17) is 16.7 Å². The van der Waals surface area contributed by atoms with Gasteiger partial charge in [0.25, 0.3) is 0 Å². The van der Waals surface area contributed by atoms with Gasteiger partial charge in [-0.2, -0.15) is 0 Å². The van der Waals surface area contributed by atoms with Gasteiger partial charge in [-0.3, -0.25) is 4.79 Å². The number of carboxylic acids is 1. The average molecular weight is 413 g/mol. The summed E-state index contributed by atoms with van der Waals surface area (Å²) in [5.41, 5.74) is -0.0466. The number of ketones is 1. The number of carboxylic acid groups (broad SMARTS) is 1. The van der Waals surface area contributed by atoms with Gasteiger partial charge in [-0.05, 0) is 25.3 Å². The third kappa shape index (κ3) is 3.13. The Kier molecular flexibility index (Phi) is 4.97. The molecule has 3 N–H and O–H groups in total. The van der Waals surface area contributed by atoms with E-state index in [1.165, 1.54) is 6.20 Å². The molecule has 4 rings (SSSR count). The Bertz CT molecular complexity index is 806. The first-order chi connectivity index (χ1) is 13.3. The minimum atomic E-state index is -1.34. The van der Waals surface area contributed by atoms with E-state index < -0.39 is 35.1 Å². The Balaban J connectivity index is 1.68. The highest BCUT2D eigenvalue weighted by atomic mass is 35.5. The van der Waals surface area contributed by atoms with Gasteiger partial charge in [0, 0.05) is 36.8 Å². The Morgan fingerprint density at radius 2 is 2.07 bits per heavy atom. The SMILES string of the molecule is O=C(O)C1=CN(C2CC2)C2C(=CC(F)=C(N3CC[C@@H]([C@@H](O)CO)C3)C2Cl)C1=O. The molecular weight excluding hydrogens is 391 g/mol. The molecule has 0 spiro atoms. The normalized spacial score (nSPS) is 31.6. The van der Waals surface area contributed by atoms with Crippen LogP contribution in [0.1, 0.15) is 19.3 Å². The highest BCUT2D eigenvalue weighted by Gasteiger charge is 2.49. The van der Waals surface area contributed by atoms with E-state index in [2.05, 4.69) is 0 Å². The molecule has 9 heteroatoms. The molecule has 4 atom stereocenters. The lowest BCUT2D eigenvalue weighted by Gasteiger charge is -2.43. The molecule has 1 saturated carbocycles. The number of nitrogens with zero attached hydrogens (tertiary/aromatic N) is 2. The number of aliphatic hydroxyl groups is 2. The van der Waals surface area contributed by atoms with E-state index in [9.17, 15) is 19.8 Å². The summed E-state index contributed by atoms with van der Waals surface area (Å²) in [4.78, 5) is 27.6. The van der Waals surface area contributed by atoms with E-state index in [0.717, 1.165) is 18.9 Å². The number of halogens is 2. The molecule has 2 fully saturated rings. The van der Waals surface area contributed by atoms with Gasteiger partial charge in [-0.25, -0.2) is 9.18 Å². The zero-order valence-electron chi connectivity index (χ0n) is 15.1. The molecule has 0 bridgehead atoms. The molecule has 0 aromatic carbocycles. The van der Waals surface area contributed by atoms with Gasteiger partial charge in [0.2, 0.25) is 0 Å². The van der Waals surface area contributed by atoms with Crippen LogP contribution in [-0.4, -0.2) is 80.1 Å². The second-order valence-electron chi connectivity index (χ2n) is 7.78. The summed E-state index contributed by atoms with van der Waals surface area (Å²) in [6.45, 7) is 0.484. The Morgan fingerprint density at radius 3 is 2.68 bits per heavy atom. The average Bonchev–Trinajstić information content (AvgIpc) is 3.39. The lowest BCUT2D eigenvalue weighted by Crippen LogP contribution is -2.51. The van der Waals surface area contributed by atoms with Crippen molar-refractivity contribution in [3.63, 3.8) is 0 Å². The predicted octanol–water partition coefficient (Wildman–Crippen LogP) is 0.774. The van der Waals surface area contributed by atoms with Crippen LogP contribution in [0.3, 0.4) is 0 Å². The Morgan fingerprint density at radius 1 is 1.36 bits per heavy atom. The largest absolute Gasteiger partial charge is 0.477 e. The van der Waals surface area contributed by atoms with E-state index in [1.54, 1.807) is 9.80 Å². The van der Waals surface area contributed by atoms with Crippen molar-refractivity contribution < 1.29 is 29.3 Å². The maximum atomic E-state index is 15.0. The third-order valence-corrected chi connectivity index (χ3v) is 6.43. The first-order valence-corrected chi connectivity index (χ1v) is 9.83. The molecule has 1 saturated heterocycles. The summed E-state index contributed by atoms with van der Waals surface area (Å²) < 4.78 is 15.0. The van der Waals surface area contributed by atoms with Crippen molar-refractivity contribution in [2.24, 2.45) is 5.92 Å². The maximum Gasteiger partial charge on any atom is 0.341 e. The van der Waals surface area contributed by atoms with E-state index >= 15 is 4.39 Å². The van der Waals surface area contributed by atoms with Crippen molar-refractivity contribution in [3.05, 3.63) is 34.9 Å². The highest BCUT2D eigenvalue weighted by molar-refractivity contribution is 6.28. The van der Waals surface area contributed by atoms with Gasteiger partial charge in [-0.15, -0.1) is 11.6 Å². The number of likely N-dealkylation sites (tertiary alicyclic amines) is 1. The number of carbonyl (C=O) groups excluding carboxylic acids is 1.